The molecule has 1 fully saturated rings. The maximum atomic E-state index is 12.9. The number of benzene rings is 3. The molecule has 230 valence electrons. The number of aliphatic hydroxyl groups is 1. The van der Waals surface area contributed by atoms with Crippen LogP contribution in [0.2, 0.25) is 0 Å². The van der Waals surface area contributed by atoms with Crippen LogP contribution < -0.4 is 30.1 Å². The largest absolute Gasteiger partial charge is 0.494 e. The highest BCUT2D eigenvalue weighted by molar-refractivity contribution is 7.92. The summed E-state index contributed by atoms with van der Waals surface area (Å²) >= 11 is 0. The van der Waals surface area contributed by atoms with E-state index in [2.05, 4.69) is 31.8 Å². The number of unbranched alkanes of at least 4 members (excludes halogenated alkanes) is 1. The Morgan fingerprint density at radius 3 is 2.47 bits per heavy atom. The summed E-state index contributed by atoms with van der Waals surface area (Å²) in [6, 6.07) is 19.5. The molecule has 0 radical (unpaired) electrons. The first-order valence-corrected chi connectivity index (χ1v) is 16.1. The normalized spacial score (nSPS) is 15.0. The molecule has 1 atom stereocenters. The van der Waals surface area contributed by atoms with E-state index in [4.69, 9.17) is 9.47 Å². The number of aromatic nitrogens is 2. The zero-order valence-electron chi connectivity index (χ0n) is 24.2. The van der Waals surface area contributed by atoms with E-state index in [1.54, 1.807) is 54.6 Å². The number of para-hydroxylation sites is 1. The molecule has 0 amide bonds. The van der Waals surface area contributed by atoms with Gasteiger partial charge in [-0.15, -0.1) is 0 Å². The second-order valence-corrected chi connectivity index (χ2v) is 12.4. The summed E-state index contributed by atoms with van der Waals surface area (Å²) in [6.45, 7) is 4.87. The third kappa shape index (κ3) is 8.09. The summed E-state index contributed by atoms with van der Waals surface area (Å²) < 4.78 is 39.8. The summed E-state index contributed by atoms with van der Waals surface area (Å²) in [6.07, 6.45) is 3.10. The smallest absolute Gasteiger partial charge is 0.323 e. The second kappa shape index (κ2) is 14.0. The van der Waals surface area contributed by atoms with Crippen molar-refractivity contribution in [2.75, 3.05) is 42.5 Å². The Morgan fingerprint density at radius 1 is 1.00 bits per heavy atom. The maximum absolute atomic E-state index is 12.9. The number of hydrogen-bond donors (Lipinski definition) is 5. The number of aromatic amines is 2. The van der Waals surface area contributed by atoms with Crippen LogP contribution >= 0.6 is 0 Å². The monoisotopic (exact) mass is 609 g/mol. The summed E-state index contributed by atoms with van der Waals surface area (Å²) in [5, 5.41) is 13.9. The molecule has 0 bridgehead atoms. The van der Waals surface area contributed by atoms with Crippen LogP contribution in [0.3, 0.4) is 0 Å². The van der Waals surface area contributed by atoms with Crippen LogP contribution in [0.1, 0.15) is 32.6 Å². The van der Waals surface area contributed by atoms with Gasteiger partial charge in [0.2, 0.25) is 0 Å². The fourth-order valence-electron chi connectivity index (χ4n) is 5.04. The highest BCUT2D eigenvalue weighted by atomic mass is 32.2. The minimum absolute atomic E-state index is 0.104. The number of anilines is 2. The SMILES string of the molecule is CCCCOc1ccc(S(=O)(=O)Nc2ccc(N3CCC(NCC(O)COc4cccc5[nH]c(=O)[nH]c45)CC3)cc2)cc1. The number of piperidine rings is 1. The summed E-state index contributed by atoms with van der Waals surface area (Å²) in [4.78, 5) is 19.4. The fourth-order valence-corrected chi connectivity index (χ4v) is 6.10. The second-order valence-electron chi connectivity index (χ2n) is 10.7. The lowest BCUT2D eigenvalue weighted by atomic mass is 10.0. The van der Waals surface area contributed by atoms with Crippen LogP contribution in [0.5, 0.6) is 11.5 Å². The van der Waals surface area contributed by atoms with Crippen LogP contribution in [0.15, 0.2) is 76.4 Å². The lowest BCUT2D eigenvalue weighted by Crippen LogP contribution is -2.45. The van der Waals surface area contributed by atoms with E-state index in [1.807, 2.05) is 12.1 Å². The van der Waals surface area contributed by atoms with E-state index in [-0.39, 0.29) is 23.2 Å². The van der Waals surface area contributed by atoms with Gasteiger partial charge in [-0.1, -0.05) is 19.4 Å². The molecule has 3 aromatic carbocycles. The first-order chi connectivity index (χ1) is 20.8. The molecular weight excluding hydrogens is 570 g/mol. The molecule has 1 unspecified atom stereocenters. The van der Waals surface area contributed by atoms with Gasteiger partial charge < -0.3 is 34.8 Å². The Morgan fingerprint density at radius 2 is 1.74 bits per heavy atom. The van der Waals surface area contributed by atoms with Crippen molar-refractivity contribution in [2.45, 2.75) is 49.6 Å². The third-order valence-corrected chi connectivity index (χ3v) is 8.86. The number of fused-ring (bicyclic) bond motifs is 1. The number of sulfonamides is 1. The van der Waals surface area contributed by atoms with Crippen molar-refractivity contribution in [2.24, 2.45) is 0 Å². The van der Waals surface area contributed by atoms with E-state index in [0.717, 1.165) is 44.5 Å². The first kappa shape index (κ1) is 30.5. The van der Waals surface area contributed by atoms with E-state index in [9.17, 15) is 18.3 Å². The average Bonchev–Trinajstić information content (AvgIpc) is 3.41. The molecule has 11 nitrogen and oxygen atoms in total. The molecule has 1 aliphatic rings. The molecule has 1 aliphatic heterocycles. The molecule has 43 heavy (non-hydrogen) atoms. The van der Waals surface area contributed by atoms with Crippen molar-refractivity contribution in [3.8, 4) is 11.5 Å². The molecule has 0 aliphatic carbocycles. The van der Waals surface area contributed by atoms with Crippen molar-refractivity contribution in [3.63, 3.8) is 0 Å². The fraction of sp³-hybridized carbons (Fsp3) is 0.387. The van der Waals surface area contributed by atoms with Crippen LogP contribution in [0, 0.1) is 0 Å². The molecule has 2 heterocycles. The van der Waals surface area contributed by atoms with Gasteiger partial charge in [0, 0.05) is 37.1 Å². The van der Waals surface area contributed by atoms with Crippen molar-refractivity contribution in [1.82, 2.24) is 15.3 Å². The van der Waals surface area contributed by atoms with Gasteiger partial charge in [-0.2, -0.15) is 0 Å². The van der Waals surface area contributed by atoms with Crippen LogP contribution in [0.25, 0.3) is 11.0 Å². The molecule has 5 N–H and O–H groups in total. The number of rotatable bonds is 14. The Bertz CT molecular complexity index is 1630. The van der Waals surface area contributed by atoms with Gasteiger partial charge >= 0.3 is 5.69 Å². The number of ether oxygens (including phenoxy) is 2. The minimum atomic E-state index is -3.71. The van der Waals surface area contributed by atoms with E-state index >= 15 is 0 Å². The van der Waals surface area contributed by atoms with E-state index in [0.29, 0.717) is 41.4 Å². The van der Waals surface area contributed by atoms with Gasteiger partial charge in [0.05, 0.1) is 17.0 Å². The number of aliphatic hydroxyl groups excluding tert-OH is 1. The Labute approximate surface area is 251 Å². The minimum Gasteiger partial charge on any atom is -0.494 e. The van der Waals surface area contributed by atoms with Crippen molar-refractivity contribution < 1.29 is 23.0 Å². The zero-order chi connectivity index (χ0) is 30.2. The lowest BCUT2D eigenvalue weighted by Gasteiger charge is -2.34. The molecule has 1 aromatic heterocycles. The van der Waals surface area contributed by atoms with Crippen LogP contribution in [-0.4, -0.2) is 68.5 Å². The molecular formula is C31H39N5O6S. The molecule has 5 rings (SSSR count). The van der Waals surface area contributed by atoms with E-state index in [1.165, 1.54) is 0 Å². The van der Waals surface area contributed by atoms with Gasteiger partial charge in [-0.25, -0.2) is 13.2 Å². The quantitative estimate of drug-likeness (QED) is 0.136. The molecule has 1 saturated heterocycles. The van der Waals surface area contributed by atoms with Gasteiger partial charge in [-0.05, 0) is 79.9 Å². The predicted molar refractivity (Wildman–Crippen MR) is 168 cm³/mol. The van der Waals surface area contributed by atoms with E-state index < -0.39 is 16.1 Å². The number of hydrogen-bond acceptors (Lipinski definition) is 8. The highest BCUT2D eigenvalue weighted by Gasteiger charge is 2.21. The van der Waals surface area contributed by atoms with Crippen molar-refractivity contribution >= 4 is 32.4 Å². The summed E-state index contributed by atoms with van der Waals surface area (Å²) in [7, 11) is -3.71. The van der Waals surface area contributed by atoms with Gasteiger partial charge in [0.25, 0.3) is 10.0 Å². The number of imidazole rings is 1. The van der Waals surface area contributed by atoms with Gasteiger partial charge in [0.1, 0.15) is 29.7 Å². The summed E-state index contributed by atoms with van der Waals surface area (Å²) in [5.41, 5.74) is 2.47. The number of nitrogens with one attached hydrogen (secondary N) is 4. The predicted octanol–water partition coefficient (Wildman–Crippen LogP) is 3.83. The maximum Gasteiger partial charge on any atom is 0.323 e. The van der Waals surface area contributed by atoms with Gasteiger partial charge in [-0.3, -0.25) is 4.72 Å². The zero-order valence-corrected chi connectivity index (χ0v) is 25.0. The third-order valence-electron chi connectivity index (χ3n) is 7.47. The number of nitrogens with zero attached hydrogens (tertiary/aromatic N) is 1. The highest BCUT2D eigenvalue weighted by Crippen LogP contribution is 2.25. The lowest BCUT2D eigenvalue weighted by molar-refractivity contribution is 0.103. The molecule has 12 heteroatoms. The number of H-pyrrole nitrogens is 2. The Kier molecular flexibility index (Phi) is 9.90. The molecule has 0 spiro atoms. The van der Waals surface area contributed by atoms with Crippen molar-refractivity contribution in [3.05, 3.63) is 77.2 Å². The summed E-state index contributed by atoms with van der Waals surface area (Å²) in [5.74, 6) is 1.17. The first-order valence-electron chi connectivity index (χ1n) is 14.7. The van der Waals surface area contributed by atoms with Crippen LogP contribution in [-0.2, 0) is 10.0 Å². The topological polar surface area (TPSA) is 149 Å². The van der Waals surface area contributed by atoms with Gasteiger partial charge in [0.15, 0.2) is 0 Å². The average molecular weight is 610 g/mol. The molecule has 0 saturated carbocycles. The Hall–Kier alpha value is -4.00. The molecule has 4 aromatic rings. The Balaban J connectivity index is 1.05. The standard InChI is InChI=1S/C31H39N5O6S/c1-2-3-19-41-26-11-13-27(14-12-26)43(39,40)35-23-7-9-24(10-8-23)36-17-15-22(16-18-36)32-20-25(37)21-42-29-6-4-5-28-30(29)34-31(38)33-28/h4-14,22,25,32,35,37H,2-3,15-21H2,1H3,(H2,33,34,38). The van der Waals surface area contributed by atoms with Crippen molar-refractivity contribution in [1.29, 1.82) is 0 Å². The van der Waals surface area contributed by atoms with Crippen LogP contribution in [0.4, 0.5) is 11.4 Å².